The average Bonchev–Trinajstić information content (AvgIpc) is 3.39. The van der Waals surface area contributed by atoms with Crippen molar-refractivity contribution in [2.75, 3.05) is 17.7 Å². The molecule has 0 saturated heterocycles. The fourth-order valence-electron chi connectivity index (χ4n) is 3.31. The molecular weight excluding hydrogens is 398 g/mol. The molecule has 1 amide bonds. The Bertz CT molecular complexity index is 1450. The van der Waals surface area contributed by atoms with Gasteiger partial charge in [-0.2, -0.15) is 0 Å². The second-order valence-corrected chi connectivity index (χ2v) is 6.78. The quantitative estimate of drug-likeness (QED) is 0.386. The maximum absolute atomic E-state index is 12.2. The van der Waals surface area contributed by atoms with Crippen LogP contribution in [-0.2, 0) is 7.05 Å². The predicted molar refractivity (Wildman–Crippen MR) is 114 cm³/mol. The molecule has 0 fully saturated rings. The van der Waals surface area contributed by atoms with Gasteiger partial charge in [-0.1, -0.05) is 0 Å². The number of nitrogens with zero attached hydrogens (tertiary/aromatic N) is 8. The van der Waals surface area contributed by atoms with Gasteiger partial charge in [0, 0.05) is 26.5 Å². The molecule has 5 heterocycles. The highest BCUT2D eigenvalue weighted by Crippen LogP contribution is 2.32. The highest BCUT2D eigenvalue weighted by atomic mass is 16.1. The van der Waals surface area contributed by atoms with Gasteiger partial charge in [-0.15, -0.1) is 10.2 Å². The fourth-order valence-corrected chi connectivity index (χ4v) is 3.31. The summed E-state index contributed by atoms with van der Waals surface area (Å²) in [5.41, 5.74) is 9.55. The summed E-state index contributed by atoms with van der Waals surface area (Å²) in [4.78, 5) is 30.1. The number of rotatable bonds is 5. The molecule has 0 aliphatic heterocycles. The topological polar surface area (TPSA) is 154 Å². The zero-order valence-electron chi connectivity index (χ0n) is 16.6. The fraction of sp³-hybridized carbons (Fsp3) is 0.105. The Balaban J connectivity index is 1.65. The molecule has 0 spiro atoms. The van der Waals surface area contributed by atoms with Crippen LogP contribution in [0, 0.1) is 0 Å². The number of primary amides is 1. The van der Waals surface area contributed by atoms with E-state index < -0.39 is 5.91 Å². The van der Waals surface area contributed by atoms with Crippen molar-refractivity contribution in [1.82, 2.24) is 39.1 Å². The lowest BCUT2D eigenvalue weighted by molar-refractivity contribution is 0.0996. The molecule has 12 heteroatoms. The van der Waals surface area contributed by atoms with Crippen LogP contribution in [0.4, 0.5) is 17.3 Å². The molecule has 5 aromatic heterocycles. The van der Waals surface area contributed by atoms with Crippen LogP contribution >= 0.6 is 0 Å². The Morgan fingerprint density at radius 3 is 2.81 bits per heavy atom. The lowest BCUT2D eigenvalue weighted by Gasteiger charge is -2.14. The summed E-state index contributed by atoms with van der Waals surface area (Å²) < 4.78 is 3.59. The van der Waals surface area contributed by atoms with E-state index in [1.807, 2.05) is 11.6 Å². The predicted octanol–water partition coefficient (Wildman–Crippen LogP) is 1.35. The van der Waals surface area contributed by atoms with Gasteiger partial charge in [0.25, 0.3) is 5.91 Å². The van der Waals surface area contributed by atoms with Gasteiger partial charge in [-0.3, -0.25) is 14.2 Å². The highest BCUT2D eigenvalue weighted by Gasteiger charge is 2.21. The number of carbonyl (C=O) groups is 1. The van der Waals surface area contributed by atoms with E-state index >= 15 is 0 Å². The van der Waals surface area contributed by atoms with E-state index in [9.17, 15) is 4.79 Å². The summed E-state index contributed by atoms with van der Waals surface area (Å²) in [6.07, 6.45) is 8.38. The maximum Gasteiger partial charge on any atom is 0.271 e. The molecule has 5 rings (SSSR count). The SMILES string of the molecule is CNc1nc(Nc2ccc3nncn3c2)c(C(N)=O)nc1-c1cncc2c1ncn2C. The van der Waals surface area contributed by atoms with E-state index in [4.69, 9.17) is 5.73 Å². The molecule has 0 bridgehead atoms. The van der Waals surface area contributed by atoms with Crippen LogP contribution in [0.3, 0.4) is 0 Å². The van der Waals surface area contributed by atoms with E-state index in [0.29, 0.717) is 33.9 Å². The summed E-state index contributed by atoms with van der Waals surface area (Å²) >= 11 is 0. The van der Waals surface area contributed by atoms with E-state index in [2.05, 4.69) is 40.8 Å². The van der Waals surface area contributed by atoms with Crippen LogP contribution in [0.1, 0.15) is 10.5 Å². The van der Waals surface area contributed by atoms with Crippen molar-refractivity contribution in [3.63, 3.8) is 0 Å². The Labute approximate surface area is 175 Å². The van der Waals surface area contributed by atoms with Crippen molar-refractivity contribution in [2.24, 2.45) is 12.8 Å². The summed E-state index contributed by atoms with van der Waals surface area (Å²) in [5.74, 6) is -0.0579. The molecule has 12 nitrogen and oxygen atoms in total. The number of imidazole rings is 1. The average molecular weight is 415 g/mol. The third-order valence-corrected chi connectivity index (χ3v) is 4.81. The number of aromatic nitrogens is 8. The van der Waals surface area contributed by atoms with Crippen LogP contribution in [0.2, 0.25) is 0 Å². The lowest BCUT2D eigenvalue weighted by Crippen LogP contribution is -2.18. The Morgan fingerprint density at radius 1 is 1.13 bits per heavy atom. The molecule has 0 aliphatic carbocycles. The van der Waals surface area contributed by atoms with E-state index in [0.717, 1.165) is 5.52 Å². The van der Waals surface area contributed by atoms with E-state index in [1.54, 1.807) is 54.8 Å². The normalized spacial score (nSPS) is 11.2. The van der Waals surface area contributed by atoms with E-state index in [1.165, 1.54) is 0 Å². The number of aryl methyl sites for hydroxylation is 1. The zero-order chi connectivity index (χ0) is 21.5. The van der Waals surface area contributed by atoms with Crippen LogP contribution in [0.5, 0.6) is 0 Å². The Kier molecular flexibility index (Phi) is 4.17. The standard InChI is InChI=1S/C19H17N11O/c1-21-18-15(11-5-22-6-12-14(11)23-8-29(12)2)26-16(17(20)31)19(27-18)25-10-3-4-13-28-24-9-30(13)7-10/h3-9H,1-2H3,(H2,20,31)(H2,21,25,27). The van der Waals surface area contributed by atoms with Crippen molar-refractivity contribution in [1.29, 1.82) is 0 Å². The van der Waals surface area contributed by atoms with Crippen molar-refractivity contribution in [3.8, 4) is 11.3 Å². The van der Waals surface area contributed by atoms with Gasteiger partial charge < -0.3 is 20.9 Å². The van der Waals surface area contributed by atoms with Gasteiger partial charge in [0.05, 0.1) is 29.3 Å². The minimum atomic E-state index is -0.717. The molecule has 4 N–H and O–H groups in total. The first-order valence-corrected chi connectivity index (χ1v) is 9.26. The maximum atomic E-state index is 12.2. The molecular formula is C19H17N11O. The molecule has 0 radical (unpaired) electrons. The third-order valence-electron chi connectivity index (χ3n) is 4.81. The third kappa shape index (κ3) is 3.06. The molecule has 0 saturated carbocycles. The molecule has 5 aromatic rings. The number of amides is 1. The minimum absolute atomic E-state index is 0.00853. The monoisotopic (exact) mass is 415 g/mol. The van der Waals surface area contributed by atoms with Gasteiger partial charge in [-0.05, 0) is 12.1 Å². The molecule has 31 heavy (non-hydrogen) atoms. The highest BCUT2D eigenvalue weighted by molar-refractivity contribution is 5.99. The molecule has 0 unspecified atom stereocenters. The van der Waals surface area contributed by atoms with Crippen LogP contribution in [0.25, 0.3) is 27.9 Å². The van der Waals surface area contributed by atoms with Crippen LogP contribution in [0.15, 0.2) is 43.4 Å². The number of anilines is 3. The number of fused-ring (bicyclic) bond motifs is 2. The second-order valence-electron chi connectivity index (χ2n) is 6.78. The summed E-state index contributed by atoms with van der Waals surface area (Å²) in [7, 11) is 3.59. The summed E-state index contributed by atoms with van der Waals surface area (Å²) in [6, 6.07) is 3.58. The van der Waals surface area contributed by atoms with Gasteiger partial charge in [-0.25, -0.2) is 15.0 Å². The Morgan fingerprint density at radius 2 is 2.00 bits per heavy atom. The minimum Gasteiger partial charge on any atom is -0.371 e. The molecule has 0 atom stereocenters. The number of carbonyl (C=O) groups excluding carboxylic acids is 1. The zero-order valence-corrected chi connectivity index (χ0v) is 16.6. The van der Waals surface area contributed by atoms with Crippen LogP contribution in [-0.4, -0.2) is 52.1 Å². The molecule has 0 aromatic carbocycles. The smallest absolute Gasteiger partial charge is 0.271 e. The van der Waals surface area contributed by atoms with Crippen molar-refractivity contribution >= 4 is 39.9 Å². The first kappa shape index (κ1) is 18.4. The van der Waals surface area contributed by atoms with Gasteiger partial charge in [0.1, 0.15) is 17.5 Å². The lowest BCUT2D eigenvalue weighted by atomic mass is 10.1. The number of pyridine rings is 2. The van der Waals surface area contributed by atoms with Crippen molar-refractivity contribution < 1.29 is 4.79 Å². The molecule has 0 aliphatic rings. The largest absolute Gasteiger partial charge is 0.371 e. The van der Waals surface area contributed by atoms with Crippen molar-refractivity contribution in [2.45, 2.75) is 0 Å². The van der Waals surface area contributed by atoms with Gasteiger partial charge in [0.15, 0.2) is 23.0 Å². The first-order valence-electron chi connectivity index (χ1n) is 9.26. The second kappa shape index (κ2) is 7.02. The number of nitrogens with one attached hydrogen (secondary N) is 2. The Hall–Kier alpha value is -4.61. The van der Waals surface area contributed by atoms with Gasteiger partial charge >= 0.3 is 0 Å². The van der Waals surface area contributed by atoms with Crippen LogP contribution < -0.4 is 16.4 Å². The number of hydrogen-bond donors (Lipinski definition) is 3. The first-order chi connectivity index (χ1) is 15.0. The van der Waals surface area contributed by atoms with Crippen molar-refractivity contribution in [3.05, 3.63) is 49.1 Å². The number of nitrogens with two attached hydrogens (primary N) is 1. The summed E-state index contributed by atoms with van der Waals surface area (Å²) in [5, 5.41) is 14.0. The molecule has 154 valence electrons. The van der Waals surface area contributed by atoms with E-state index in [-0.39, 0.29) is 11.5 Å². The van der Waals surface area contributed by atoms with Gasteiger partial charge in [0.2, 0.25) is 0 Å². The summed E-state index contributed by atoms with van der Waals surface area (Å²) in [6.45, 7) is 0. The number of hydrogen-bond acceptors (Lipinski definition) is 9.